The van der Waals surface area contributed by atoms with E-state index in [1.54, 1.807) is 0 Å². The van der Waals surface area contributed by atoms with Gasteiger partial charge in [-0.3, -0.25) is 14.9 Å². The van der Waals surface area contributed by atoms with Crippen LogP contribution in [0.5, 0.6) is 11.5 Å². The zero-order valence-corrected chi connectivity index (χ0v) is 14.3. The van der Waals surface area contributed by atoms with Crippen molar-refractivity contribution in [2.75, 3.05) is 26.8 Å². The molecule has 1 aliphatic rings. The number of rotatable bonds is 6. The maximum absolute atomic E-state index is 12.4. The Kier molecular flexibility index (Phi) is 5.95. The molecule has 0 radical (unpaired) electrons. The zero-order chi connectivity index (χ0) is 19.3. The van der Waals surface area contributed by atoms with Crippen LogP contribution in [0.2, 0.25) is 0 Å². The molecule has 1 aliphatic heterocycles. The van der Waals surface area contributed by atoms with Gasteiger partial charge >= 0.3 is 5.97 Å². The molecule has 0 saturated carbocycles. The molecule has 0 aromatic heterocycles. The van der Waals surface area contributed by atoms with Crippen molar-refractivity contribution in [3.8, 4) is 17.6 Å². The molecule has 1 amide bonds. The fourth-order valence-electron chi connectivity index (χ4n) is 2.31. The number of ether oxygens (including phenoxy) is 3. The number of nitrogens with zero attached hydrogens (tertiary/aromatic N) is 3. The number of nitriles is 1. The summed E-state index contributed by atoms with van der Waals surface area (Å²) in [4.78, 5) is 36.3. The second-order valence-corrected chi connectivity index (χ2v) is 5.49. The molecular weight excluding hydrogens is 346 g/mol. The van der Waals surface area contributed by atoms with Crippen LogP contribution in [-0.4, -0.2) is 54.6 Å². The van der Waals surface area contributed by atoms with Crippen LogP contribution in [-0.2, 0) is 9.53 Å². The Balaban J connectivity index is 2.19. The highest BCUT2D eigenvalue weighted by molar-refractivity contribution is 5.96. The second-order valence-electron chi connectivity index (χ2n) is 5.49. The molecule has 0 bridgehead atoms. The van der Waals surface area contributed by atoms with Crippen molar-refractivity contribution in [3.05, 3.63) is 27.8 Å². The third-order valence-corrected chi connectivity index (χ3v) is 3.64. The number of esters is 1. The van der Waals surface area contributed by atoms with Gasteiger partial charge < -0.3 is 19.1 Å². The first-order valence-corrected chi connectivity index (χ1v) is 7.76. The first kappa shape index (κ1) is 19.0. The van der Waals surface area contributed by atoms with E-state index in [0.717, 1.165) is 6.07 Å². The van der Waals surface area contributed by atoms with Gasteiger partial charge in [-0.25, -0.2) is 4.79 Å². The number of hydrogen-bond acceptors (Lipinski definition) is 8. The SMILES string of the molecule is C[C@@H](OC(=O)c1cc2c(cc1[N+](=O)[O-])OCCO2)C(=O)N(C)CCC#N. The molecule has 1 aromatic rings. The highest BCUT2D eigenvalue weighted by Gasteiger charge is 2.30. The summed E-state index contributed by atoms with van der Waals surface area (Å²) in [6, 6.07) is 4.17. The summed E-state index contributed by atoms with van der Waals surface area (Å²) in [5.74, 6) is -1.18. The van der Waals surface area contributed by atoms with Gasteiger partial charge in [-0.05, 0) is 6.92 Å². The van der Waals surface area contributed by atoms with E-state index in [0.29, 0.717) is 0 Å². The van der Waals surface area contributed by atoms with Gasteiger partial charge in [0.25, 0.3) is 11.6 Å². The minimum Gasteiger partial charge on any atom is -0.486 e. The van der Waals surface area contributed by atoms with Gasteiger partial charge in [-0.15, -0.1) is 0 Å². The topological polar surface area (TPSA) is 132 Å². The highest BCUT2D eigenvalue weighted by Crippen LogP contribution is 2.37. The molecule has 1 aromatic carbocycles. The maximum atomic E-state index is 12.4. The average molecular weight is 363 g/mol. The van der Waals surface area contributed by atoms with Crippen LogP contribution in [0.1, 0.15) is 23.7 Å². The minimum atomic E-state index is -1.17. The van der Waals surface area contributed by atoms with Gasteiger partial charge in [0.1, 0.15) is 18.8 Å². The van der Waals surface area contributed by atoms with E-state index in [1.807, 2.05) is 6.07 Å². The molecule has 10 nitrogen and oxygen atoms in total. The number of fused-ring (bicyclic) bond motifs is 1. The van der Waals surface area contributed by atoms with E-state index >= 15 is 0 Å². The number of hydrogen-bond donors (Lipinski definition) is 0. The Labute approximate surface area is 149 Å². The predicted molar refractivity (Wildman–Crippen MR) is 86.8 cm³/mol. The van der Waals surface area contributed by atoms with Gasteiger partial charge in [0.05, 0.1) is 23.5 Å². The molecule has 10 heteroatoms. The molecule has 0 saturated heterocycles. The average Bonchev–Trinajstić information content (AvgIpc) is 2.63. The van der Waals surface area contributed by atoms with Gasteiger partial charge in [0, 0.05) is 19.7 Å². The first-order chi connectivity index (χ1) is 12.3. The Morgan fingerprint density at radius 1 is 1.38 bits per heavy atom. The van der Waals surface area contributed by atoms with E-state index in [2.05, 4.69) is 0 Å². The van der Waals surface area contributed by atoms with E-state index in [-0.39, 0.29) is 43.2 Å². The van der Waals surface area contributed by atoms with Crippen LogP contribution in [0.15, 0.2) is 12.1 Å². The van der Waals surface area contributed by atoms with Crippen molar-refractivity contribution in [1.29, 1.82) is 5.26 Å². The van der Waals surface area contributed by atoms with Crippen molar-refractivity contribution in [2.45, 2.75) is 19.4 Å². The van der Waals surface area contributed by atoms with Crippen molar-refractivity contribution < 1.29 is 28.7 Å². The third kappa shape index (κ3) is 4.18. The van der Waals surface area contributed by atoms with Gasteiger partial charge in [-0.2, -0.15) is 5.26 Å². The van der Waals surface area contributed by atoms with Crippen LogP contribution in [0.3, 0.4) is 0 Å². The smallest absolute Gasteiger partial charge is 0.346 e. The number of carbonyl (C=O) groups excluding carboxylic acids is 2. The number of likely N-dealkylation sites (N-methyl/N-ethyl adjacent to an activating group) is 1. The summed E-state index contributed by atoms with van der Waals surface area (Å²) in [6.45, 7) is 2.03. The van der Waals surface area contributed by atoms with Crippen molar-refractivity contribution >= 4 is 17.6 Å². The summed E-state index contributed by atoms with van der Waals surface area (Å²) in [5, 5.41) is 19.8. The Bertz CT molecular complexity index is 772. The lowest BCUT2D eigenvalue weighted by atomic mass is 10.1. The molecule has 1 atom stereocenters. The van der Waals surface area contributed by atoms with Gasteiger partial charge in [0.15, 0.2) is 17.6 Å². The lowest BCUT2D eigenvalue weighted by Crippen LogP contribution is -2.38. The molecule has 26 heavy (non-hydrogen) atoms. The number of nitro benzene ring substituents is 1. The van der Waals surface area contributed by atoms with Crippen molar-refractivity contribution in [3.63, 3.8) is 0 Å². The summed E-state index contributed by atoms with van der Waals surface area (Å²) in [5.41, 5.74) is -0.838. The fraction of sp³-hybridized carbons (Fsp3) is 0.438. The predicted octanol–water partition coefficient (Wildman–Crippen LogP) is 1.28. The van der Waals surface area contributed by atoms with E-state index < -0.39 is 28.6 Å². The zero-order valence-electron chi connectivity index (χ0n) is 14.3. The number of nitro groups is 1. The van der Waals surface area contributed by atoms with Crippen LogP contribution in [0.25, 0.3) is 0 Å². The lowest BCUT2D eigenvalue weighted by molar-refractivity contribution is -0.385. The standard InChI is InChI=1S/C16H17N3O7/c1-10(15(20)18(2)5-3-4-17)26-16(21)11-8-13-14(25-7-6-24-13)9-12(11)19(22)23/h8-10H,3,5-7H2,1-2H3/t10-/m1/s1. The Hall–Kier alpha value is -3.35. The molecule has 0 unspecified atom stereocenters. The quantitative estimate of drug-likeness (QED) is 0.419. The minimum absolute atomic E-state index is 0.135. The van der Waals surface area contributed by atoms with E-state index in [9.17, 15) is 19.7 Å². The fourth-order valence-corrected chi connectivity index (χ4v) is 2.31. The molecule has 2 rings (SSSR count). The van der Waals surface area contributed by atoms with E-state index in [1.165, 1.54) is 24.9 Å². The van der Waals surface area contributed by atoms with Crippen LogP contribution in [0, 0.1) is 21.4 Å². The molecule has 138 valence electrons. The highest BCUT2D eigenvalue weighted by atomic mass is 16.6. The van der Waals surface area contributed by atoms with Crippen molar-refractivity contribution in [2.24, 2.45) is 0 Å². The molecule has 0 spiro atoms. The Morgan fingerprint density at radius 2 is 2.00 bits per heavy atom. The van der Waals surface area contributed by atoms with E-state index in [4.69, 9.17) is 19.5 Å². The van der Waals surface area contributed by atoms with Crippen LogP contribution >= 0.6 is 0 Å². The number of benzene rings is 1. The van der Waals surface area contributed by atoms with Gasteiger partial charge in [0.2, 0.25) is 0 Å². The molecule has 1 heterocycles. The molecule has 0 fully saturated rings. The first-order valence-electron chi connectivity index (χ1n) is 7.76. The third-order valence-electron chi connectivity index (χ3n) is 3.64. The second kappa shape index (κ2) is 8.15. The Morgan fingerprint density at radius 3 is 2.58 bits per heavy atom. The molecular formula is C16H17N3O7. The van der Waals surface area contributed by atoms with Crippen molar-refractivity contribution in [1.82, 2.24) is 4.90 Å². The summed E-state index contributed by atoms with van der Waals surface area (Å²) < 4.78 is 15.7. The molecule has 0 aliphatic carbocycles. The maximum Gasteiger partial charge on any atom is 0.346 e. The monoisotopic (exact) mass is 363 g/mol. The van der Waals surface area contributed by atoms with Crippen LogP contribution < -0.4 is 9.47 Å². The summed E-state index contributed by atoms with van der Waals surface area (Å²) in [7, 11) is 1.47. The summed E-state index contributed by atoms with van der Waals surface area (Å²) >= 11 is 0. The number of amides is 1. The van der Waals surface area contributed by atoms with Gasteiger partial charge in [-0.1, -0.05) is 0 Å². The number of carbonyl (C=O) groups is 2. The summed E-state index contributed by atoms with van der Waals surface area (Å²) in [6.07, 6.45) is -1.03. The lowest BCUT2D eigenvalue weighted by Gasteiger charge is -2.21. The van der Waals surface area contributed by atoms with Crippen LogP contribution in [0.4, 0.5) is 5.69 Å². The largest absolute Gasteiger partial charge is 0.486 e. The molecule has 0 N–H and O–H groups in total. The normalized spacial score (nSPS) is 13.3.